The molecular formula is C23H24N2O4. The van der Waals surface area contributed by atoms with Gasteiger partial charge in [0.1, 0.15) is 19.0 Å². The Bertz CT molecular complexity index is 898. The van der Waals surface area contributed by atoms with Gasteiger partial charge in [-0.05, 0) is 30.7 Å². The molecule has 29 heavy (non-hydrogen) atoms. The average molecular weight is 392 g/mol. The maximum absolute atomic E-state index is 12.6. The van der Waals surface area contributed by atoms with Gasteiger partial charge in [-0.25, -0.2) is 4.98 Å². The van der Waals surface area contributed by atoms with Crippen molar-refractivity contribution in [3.8, 4) is 11.6 Å². The van der Waals surface area contributed by atoms with Crippen molar-refractivity contribution in [3.63, 3.8) is 0 Å². The number of ether oxygens (including phenoxy) is 3. The summed E-state index contributed by atoms with van der Waals surface area (Å²) in [7, 11) is 0. The van der Waals surface area contributed by atoms with E-state index in [1.165, 1.54) is 0 Å². The SMILES string of the molecule is CCOCCOc1ccccc1C(=O)Nc1ccc(OCc2ccccc2)nc1. The van der Waals surface area contributed by atoms with Crippen LogP contribution in [0.25, 0.3) is 0 Å². The number of amides is 1. The largest absolute Gasteiger partial charge is 0.490 e. The maximum Gasteiger partial charge on any atom is 0.259 e. The summed E-state index contributed by atoms with van der Waals surface area (Å²) in [5.74, 6) is 0.740. The number of carbonyl (C=O) groups is 1. The summed E-state index contributed by atoms with van der Waals surface area (Å²) < 4.78 is 16.6. The van der Waals surface area contributed by atoms with Crippen LogP contribution in [0.2, 0.25) is 0 Å². The molecule has 0 saturated carbocycles. The Labute approximate surface area is 170 Å². The fourth-order valence-electron chi connectivity index (χ4n) is 2.60. The molecule has 6 nitrogen and oxygen atoms in total. The predicted octanol–water partition coefficient (Wildman–Crippen LogP) is 4.33. The molecule has 6 heteroatoms. The summed E-state index contributed by atoms with van der Waals surface area (Å²) in [5.41, 5.74) is 2.09. The van der Waals surface area contributed by atoms with Crippen LogP contribution >= 0.6 is 0 Å². The van der Waals surface area contributed by atoms with Crippen molar-refractivity contribution in [2.45, 2.75) is 13.5 Å². The first-order valence-electron chi connectivity index (χ1n) is 9.50. The zero-order chi connectivity index (χ0) is 20.3. The minimum atomic E-state index is -0.267. The molecule has 3 rings (SSSR count). The number of rotatable bonds is 10. The second kappa shape index (κ2) is 10.8. The molecule has 1 heterocycles. The molecule has 0 saturated heterocycles. The van der Waals surface area contributed by atoms with E-state index >= 15 is 0 Å². The lowest BCUT2D eigenvalue weighted by Gasteiger charge is -2.12. The fraction of sp³-hybridized carbons (Fsp3) is 0.217. The van der Waals surface area contributed by atoms with E-state index in [1.807, 2.05) is 43.3 Å². The quantitative estimate of drug-likeness (QED) is 0.520. The van der Waals surface area contributed by atoms with Crippen LogP contribution in [-0.2, 0) is 11.3 Å². The number of nitrogens with one attached hydrogen (secondary N) is 1. The van der Waals surface area contributed by atoms with Gasteiger partial charge in [-0.15, -0.1) is 0 Å². The van der Waals surface area contributed by atoms with Gasteiger partial charge in [-0.1, -0.05) is 42.5 Å². The minimum absolute atomic E-state index is 0.267. The molecule has 0 aliphatic rings. The van der Waals surface area contributed by atoms with E-state index in [1.54, 1.807) is 36.5 Å². The Hall–Kier alpha value is -3.38. The molecule has 1 amide bonds. The predicted molar refractivity (Wildman–Crippen MR) is 111 cm³/mol. The molecule has 0 bridgehead atoms. The highest BCUT2D eigenvalue weighted by atomic mass is 16.5. The zero-order valence-corrected chi connectivity index (χ0v) is 16.3. The van der Waals surface area contributed by atoms with E-state index in [4.69, 9.17) is 14.2 Å². The van der Waals surface area contributed by atoms with Gasteiger partial charge >= 0.3 is 0 Å². The molecular weight excluding hydrogens is 368 g/mol. The number of aromatic nitrogens is 1. The highest BCUT2D eigenvalue weighted by Gasteiger charge is 2.12. The molecule has 3 aromatic rings. The van der Waals surface area contributed by atoms with Gasteiger partial charge in [0.25, 0.3) is 5.91 Å². The third kappa shape index (κ3) is 6.33. The van der Waals surface area contributed by atoms with Crippen LogP contribution in [0.5, 0.6) is 11.6 Å². The van der Waals surface area contributed by atoms with Crippen LogP contribution < -0.4 is 14.8 Å². The van der Waals surface area contributed by atoms with E-state index < -0.39 is 0 Å². The van der Waals surface area contributed by atoms with E-state index in [0.717, 1.165) is 5.56 Å². The van der Waals surface area contributed by atoms with Crippen molar-refractivity contribution in [1.29, 1.82) is 0 Å². The van der Waals surface area contributed by atoms with Crippen LogP contribution in [0.1, 0.15) is 22.8 Å². The number of anilines is 1. The standard InChI is InChI=1S/C23H24N2O4/c1-2-27-14-15-28-21-11-7-6-10-20(21)23(26)25-19-12-13-22(24-16-19)29-17-18-8-4-3-5-9-18/h3-13,16H,2,14-15,17H2,1H3,(H,25,26). The summed E-state index contributed by atoms with van der Waals surface area (Å²) in [5, 5.41) is 2.83. The molecule has 2 aromatic carbocycles. The first-order chi connectivity index (χ1) is 14.3. The second-order valence-electron chi connectivity index (χ2n) is 6.16. The zero-order valence-electron chi connectivity index (χ0n) is 16.3. The van der Waals surface area contributed by atoms with Gasteiger partial charge in [0.05, 0.1) is 24.1 Å². The molecule has 0 unspecified atom stereocenters. The number of nitrogens with zero attached hydrogens (tertiary/aromatic N) is 1. The fourth-order valence-corrected chi connectivity index (χ4v) is 2.60. The second-order valence-corrected chi connectivity index (χ2v) is 6.16. The van der Waals surface area contributed by atoms with E-state index in [0.29, 0.717) is 49.3 Å². The highest BCUT2D eigenvalue weighted by Crippen LogP contribution is 2.20. The summed E-state index contributed by atoms with van der Waals surface area (Å²) in [6.07, 6.45) is 1.57. The Morgan fingerprint density at radius 2 is 1.72 bits per heavy atom. The Morgan fingerprint density at radius 1 is 0.931 bits per heavy atom. The average Bonchev–Trinajstić information content (AvgIpc) is 2.77. The molecule has 0 aliphatic carbocycles. The van der Waals surface area contributed by atoms with Crippen LogP contribution in [0.3, 0.4) is 0 Å². The lowest BCUT2D eigenvalue weighted by atomic mass is 10.2. The van der Waals surface area contributed by atoms with E-state index in [2.05, 4.69) is 10.3 Å². The van der Waals surface area contributed by atoms with E-state index in [9.17, 15) is 4.79 Å². The Balaban J connectivity index is 1.56. The van der Waals surface area contributed by atoms with Crippen molar-refractivity contribution in [3.05, 3.63) is 84.1 Å². The smallest absolute Gasteiger partial charge is 0.259 e. The highest BCUT2D eigenvalue weighted by molar-refractivity contribution is 6.06. The van der Waals surface area contributed by atoms with Gasteiger partial charge in [0.15, 0.2) is 0 Å². The van der Waals surface area contributed by atoms with Gasteiger partial charge in [-0.2, -0.15) is 0 Å². The van der Waals surface area contributed by atoms with Crippen molar-refractivity contribution in [2.24, 2.45) is 0 Å². The van der Waals surface area contributed by atoms with Crippen LogP contribution in [-0.4, -0.2) is 30.7 Å². The number of benzene rings is 2. The summed E-state index contributed by atoms with van der Waals surface area (Å²) in [6.45, 7) is 3.84. The van der Waals surface area contributed by atoms with Crippen molar-refractivity contribution >= 4 is 11.6 Å². The first-order valence-corrected chi connectivity index (χ1v) is 9.50. The molecule has 0 radical (unpaired) electrons. The maximum atomic E-state index is 12.6. The topological polar surface area (TPSA) is 69.7 Å². The van der Waals surface area contributed by atoms with Crippen LogP contribution in [0.15, 0.2) is 72.9 Å². The van der Waals surface area contributed by atoms with E-state index in [-0.39, 0.29) is 5.91 Å². The number of carbonyl (C=O) groups excluding carboxylic acids is 1. The molecule has 0 spiro atoms. The lowest BCUT2D eigenvalue weighted by molar-refractivity contribution is 0.0998. The monoisotopic (exact) mass is 392 g/mol. The summed E-state index contributed by atoms with van der Waals surface area (Å²) in [4.78, 5) is 16.9. The van der Waals surface area contributed by atoms with Crippen molar-refractivity contribution < 1.29 is 19.0 Å². The van der Waals surface area contributed by atoms with Crippen molar-refractivity contribution in [1.82, 2.24) is 4.98 Å². The summed E-state index contributed by atoms with van der Waals surface area (Å²) in [6, 6.07) is 20.4. The molecule has 150 valence electrons. The number of pyridine rings is 1. The van der Waals surface area contributed by atoms with Gasteiger partial charge in [0.2, 0.25) is 5.88 Å². The molecule has 1 aromatic heterocycles. The molecule has 0 aliphatic heterocycles. The summed E-state index contributed by atoms with van der Waals surface area (Å²) >= 11 is 0. The van der Waals surface area contributed by atoms with Gasteiger partial charge in [0, 0.05) is 12.7 Å². The Morgan fingerprint density at radius 3 is 2.48 bits per heavy atom. The minimum Gasteiger partial charge on any atom is -0.490 e. The third-order valence-corrected chi connectivity index (χ3v) is 4.04. The normalized spacial score (nSPS) is 10.4. The third-order valence-electron chi connectivity index (χ3n) is 4.04. The molecule has 0 atom stereocenters. The van der Waals surface area contributed by atoms with Crippen LogP contribution in [0, 0.1) is 0 Å². The van der Waals surface area contributed by atoms with Gasteiger partial charge in [-0.3, -0.25) is 4.79 Å². The number of hydrogen-bond donors (Lipinski definition) is 1. The lowest BCUT2D eigenvalue weighted by Crippen LogP contribution is -2.15. The Kier molecular flexibility index (Phi) is 7.60. The number of hydrogen-bond acceptors (Lipinski definition) is 5. The molecule has 1 N–H and O–H groups in total. The van der Waals surface area contributed by atoms with Crippen molar-refractivity contribution in [2.75, 3.05) is 25.1 Å². The molecule has 0 fully saturated rings. The van der Waals surface area contributed by atoms with Crippen LogP contribution in [0.4, 0.5) is 5.69 Å². The first kappa shape index (κ1) is 20.4. The number of para-hydroxylation sites is 1. The van der Waals surface area contributed by atoms with Gasteiger partial charge < -0.3 is 19.5 Å².